The van der Waals surface area contributed by atoms with Crippen LogP contribution in [-0.2, 0) is 65.4 Å². The van der Waals surface area contributed by atoms with E-state index in [0.717, 1.165) is 114 Å². The van der Waals surface area contributed by atoms with E-state index in [0.29, 0.717) is 25.7 Å². The molecule has 582 valence electrons. The minimum Gasteiger partial charge on any atom is -0.462 e. The molecule has 0 aliphatic carbocycles. The fourth-order valence-corrected chi connectivity index (χ4v) is 13.6. The number of phosphoric ester groups is 2. The van der Waals surface area contributed by atoms with Gasteiger partial charge < -0.3 is 33.8 Å². The molecule has 0 aromatic carbocycles. The van der Waals surface area contributed by atoms with Gasteiger partial charge in [0.25, 0.3) is 0 Å². The summed E-state index contributed by atoms with van der Waals surface area (Å²) < 4.78 is 68.7. The summed E-state index contributed by atoms with van der Waals surface area (Å²) in [4.78, 5) is 73.0. The summed E-state index contributed by atoms with van der Waals surface area (Å²) in [7, 11) is -9.92. The molecular weight excluding hydrogens is 1280 g/mol. The van der Waals surface area contributed by atoms with Crippen LogP contribution in [0.3, 0.4) is 0 Å². The van der Waals surface area contributed by atoms with Crippen molar-refractivity contribution in [3.8, 4) is 0 Å². The molecule has 3 N–H and O–H groups in total. The van der Waals surface area contributed by atoms with E-state index in [9.17, 15) is 43.2 Å². The standard InChI is InChI=1S/C79H154O17P2/c1-9-72(8)58-50-42-34-26-19-22-28-36-44-52-60-77(82)90-65-74(95-78(83)61-53-45-37-29-16-14-12-10-11-13-15-23-31-39-47-55-69(2)3)67-93-97(85,86)91-63-73(80)64-92-98(87,88)94-68-75(96-79(84)62-54-46-38-30-21-18-25-33-41-49-57-71(6)7)66-89-76(81)59-51-43-35-27-20-17-24-32-40-48-56-70(4)5/h69-75,80H,9-68H2,1-8H3,(H,85,86)(H,87,88)/t72?,73-,74-,75-/m1/s1. The maximum Gasteiger partial charge on any atom is 0.472 e. The molecule has 17 nitrogen and oxygen atoms in total. The highest BCUT2D eigenvalue weighted by molar-refractivity contribution is 7.47. The molecule has 0 aromatic rings. The summed E-state index contributed by atoms with van der Waals surface area (Å²) >= 11 is 0. The van der Waals surface area contributed by atoms with Crippen LogP contribution in [0, 0.1) is 23.7 Å². The van der Waals surface area contributed by atoms with Crippen LogP contribution in [0.1, 0.15) is 402 Å². The highest BCUT2D eigenvalue weighted by atomic mass is 31.2. The monoisotopic (exact) mass is 1440 g/mol. The molecule has 0 heterocycles. The first kappa shape index (κ1) is 96.1. The van der Waals surface area contributed by atoms with Crippen molar-refractivity contribution >= 4 is 39.5 Å². The zero-order chi connectivity index (χ0) is 72.4. The maximum absolute atomic E-state index is 13.1. The van der Waals surface area contributed by atoms with Crippen molar-refractivity contribution in [2.45, 2.75) is 420 Å². The number of unbranched alkanes of at least 4 members (excludes halogenated alkanes) is 41. The number of carbonyl (C=O) groups is 4. The van der Waals surface area contributed by atoms with Gasteiger partial charge in [0.05, 0.1) is 26.4 Å². The zero-order valence-corrected chi connectivity index (χ0v) is 66.2. The number of rotatable bonds is 76. The van der Waals surface area contributed by atoms with Crippen LogP contribution in [0.15, 0.2) is 0 Å². The average molecular weight is 1440 g/mol. The van der Waals surface area contributed by atoms with E-state index in [1.165, 1.54) is 205 Å². The van der Waals surface area contributed by atoms with Gasteiger partial charge >= 0.3 is 39.5 Å². The highest BCUT2D eigenvalue weighted by Gasteiger charge is 2.30. The molecule has 0 saturated carbocycles. The number of carbonyl (C=O) groups excluding carboxylic acids is 4. The summed E-state index contributed by atoms with van der Waals surface area (Å²) in [5, 5.41) is 10.6. The third-order valence-electron chi connectivity index (χ3n) is 18.7. The summed E-state index contributed by atoms with van der Waals surface area (Å²) in [5.74, 6) is 1.01. The van der Waals surface area contributed by atoms with Crippen LogP contribution >= 0.6 is 15.6 Å². The molecular formula is C79H154O17P2. The van der Waals surface area contributed by atoms with Crippen LogP contribution < -0.4 is 0 Å². The topological polar surface area (TPSA) is 237 Å². The van der Waals surface area contributed by atoms with Crippen LogP contribution in [0.2, 0.25) is 0 Å². The van der Waals surface area contributed by atoms with Crippen molar-refractivity contribution in [1.82, 2.24) is 0 Å². The number of esters is 4. The Morgan fingerprint density at radius 2 is 0.490 bits per heavy atom. The van der Waals surface area contributed by atoms with Crippen LogP contribution in [-0.4, -0.2) is 96.7 Å². The normalized spacial score (nSPS) is 14.3. The van der Waals surface area contributed by atoms with Gasteiger partial charge in [-0.25, -0.2) is 9.13 Å². The molecule has 19 heteroatoms. The lowest BCUT2D eigenvalue weighted by Gasteiger charge is -2.21. The van der Waals surface area contributed by atoms with Crippen molar-refractivity contribution < 1.29 is 80.2 Å². The van der Waals surface area contributed by atoms with E-state index in [1.54, 1.807) is 0 Å². The Bertz CT molecular complexity index is 1920. The highest BCUT2D eigenvalue weighted by Crippen LogP contribution is 2.45. The third kappa shape index (κ3) is 71.1. The Labute approximate surface area is 600 Å². The molecule has 0 spiro atoms. The molecule has 0 fully saturated rings. The van der Waals surface area contributed by atoms with Gasteiger partial charge in [0.2, 0.25) is 0 Å². The van der Waals surface area contributed by atoms with Gasteiger partial charge in [-0.1, -0.05) is 351 Å². The number of phosphoric acid groups is 2. The Morgan fingerprint density at radius 1 is 0.286 bits per heavy atom. The van der Waals surface area contributed by atoms with Crippen LogP contribution in [0.5, 0.6) is 0 Å². The second-order valence-corrected chi connectivity index (χ2v) is 33.0. The zero-order valence-electron chi connectivity index (χ0n) is 64.4. The van der Waals surface area contributed by atoms with Crippen molar-refractivity contribution in [1.29, 1.82) is 0 Å². The summed E-state index contributed by atoms with van der Waals surface area (Å²) in [6.45, 7) is 14.3. The molecule has 6 atom stereocenters. The Hall–Kier alpha value is -1.94. The Kier molecular flexibility index (Phi) is 66.8. The minimum atomic E-state index is -4.96. The van der Waals surface area contributed by atoms with Gasteiger partial charge in [-0.05, 0) is 49.4 Å². The predicted molar refractivity (Wildman–Crippen MR) is 400 cm³/mol. The molecule has 3 unspecified atom stereocenters. The first-order valence-corrected chi connectivity index (χ1v) is 43.7. The molecule has 98 heavy (non-hydrogen) atoms. The quantitative estimate of drug-likeness (QED) is 0.0222. The lowest BCUT2D eigenvalue weighted by atomic mass is 9.99. The second-order valence-electron chi connectivity index (χ2n) is 30.1. The first-order chi connectivity index (χ1) is 47.1. The Morgan fingerprint density at radius 3 is 0.724 bits per heavy atom. The molecule has 0 rings (SSSR count). The number of aliphatic hydroxyl groups excluding tert-OH is 1. The molecule has 0 bridgehead atoms. The van der Waals surface area contributed by atoms with Crippen molar-refractivity contribution in [2.24, 2.45) is 23.7 Å². The molecule has 0 aliphatic heterocycles. The Balaban J connectivity index is 5.27. The maximum atomic E-state index is 13.1. The number of aliphatic hydroxyl groups is 1. The second kappa shape index (κ2) is 68.2. The summed E-state index contributed by atoms with van der Waals surface area (Å²) in [6, 6.07) is 0. The van der Waals surface area contributed by atoms with E-state index in [-0.39, 0.29) is 25.7 Å². The smallest absolute Gasteiger partial charge is 0.462 e. The van der Waals surface area contributed by atoms with Gasteiger partial charge in [-0.2, -0.15) is 0 Å². The van der Waals surface area contributed by atoms with Gasteiger partial charge in [0, 0.05) is 25.7 Å². The van der Waals surface area contributed by atoms with Gasteiger partial charge in [0.15, 0.2) is 12.2 Å². The third-order valence-corrected chi connectivity index (χ3v) is 20.6. The van der Waals surface area contributed by atoms with E-state index in [2.05, 4.69) is 55.4 Å². The SMILES string of the molecule is CCC(C)CCCCCCCCCCCCC(=O)OC[C@H](COP(=O)(O)OC[C@@H](O)COP(=O)(O)OC[C@@H](COC(=O)CCCCCCCCCCCCC(C)C)OC(=O)CCCCCCCCCCCCC(C)C)OC(=O)CCCCCCCCCCCCCCCCCC(C)C. The van der Waals surface area contributed by atoms with E-state index in [1.807, 2.05) is 0 Å². The summed E-state index contributed by atoms with van der Waals surface area (Å²) in [5.41, 5.74) is 0. The number of hydrogen-bond donors (Lipinski definition) is 3. The van der Waals surface area contributed by atoms with E-state index < -0.39 is 97.5 Å². The summed E-state index contributed by atoms with van der Waals surface area (Å²) in [6.07, 6.45) is 54.0. The van der Waals surface area contributed by atoms with E-state index >= 15 is 0 Å². The van der Waals surface area contributed by atoms with Crippen molar-refractivity contribution in [3.63, 3.8) is 0 Å². The predicted octanol–water partition coefficient (Wildman–Crippen LogP) is 23.2. The fourth-order valence-electron chi connectivity index (χ4n) is 12.0. The number of ether oxygens (including phenoxy) is 4. The molecule has 0 aliphatic rings. The van der Waals surface area contributed by atoms with E-state index in [4.69, 9.17) is 37.0 Å². The van der Waals surface area contributed by atoms with Gasteiger partial charge in [0.1, 0.15) is 19.3 Å². The van der Waals surface area contributed by atoms with Crippen LogP contribution in [0.4, 0.5) is 0 Å². The first-order valence-electron chi connectivity index (χ1n) is 40.7. The average Bonchev–Trinajstić information content (AvgIpc) is 0.980. The lowest BCUT2D eigenvalue weighted by Crippen LogP contribution is -2.30. The fraction of sp³-hybridized carbons (Fsp3) is 0.949. The van der Waals surface area contributed by atoms with Crippen molar-refractivity contribution in [3.05, 3.63) is 0 Å². The molecule has 0 aromatic heterocycles. The molecule has 0 saturated heterocycles. The van der Waals surface area contributed by atoms with Gasteiger partial charge in [-0.15, -0.1) is 0 Å². The molecule has 0 radical (unpaired) electrons. The largest absolute Gasteiger partial charge is 0.472 e. The van der Waals surface area contributed by atoms with Crippen LogP contribution in [0.25, 0.3) is 0 Å². The van der Waals surface area contributed by atoms with Gasteiger partial charge in [-0.3, -0.25) is 37.3 Å². The molecule has 0 amide bonds. The number of hydrogen-bond acceptors (Lipinski definition) is 15. The lowest BCUT2D eigenvalue weighted by molar-refractivity contribution is -0.161. The minimum absolute atomic E-state index is 0.105. The van der Waals surface area contributed by atoms with Crippen molar-refractivity contribution in [2.75, 3.05) is 39.6 Å².